The first-order chi connectivity index (χ1) is 29.7. The number of nitrogens with zero attached hydrogens (tertiary/aromatic N) is 1. The van der Waals surface area contributed by atoms with Crippen LogP contribution in [0.5, 0.6) is 0 Å². The molecule has 8 aliphatic carbocycles. The monoisotopic (exact) mass is 781 g/mol. The van der Waals surface area contributed by atoms with Gasteiger partial charge in [-0.2, -0.15) is 0 Å². The second-order valence-electron chi connectivity index (χ2n) is 18.5. The smallest absolute Gasteiger partial charge is 0.0411 e. The maximum atomic E-state index is 2.77. The van der Waals surface area contributed by atoms with E-state index in [4.69, 9.17) is 0 Å². The highest BCUT2D eigenvalue weighted by Gasteiger charge is 2.36. The lowest BCUT2D eigenvalue weighted by molar-refractivity contribution is 0.498. The van der Waals surface area contributed by atoms with E-state index in [1.807, 2.05) is 0 Å². The summed E-state index contributed by atoms with van der Waals surface area (Å²) in [6, 6.07) is 24.5. The van der Waals surface area contributed by atoms with Crippen LogP contribution in [0.4, 0.5) is 5.69 Å². The summed E-state index contributed by atoms with van der Waals surface area (Å²) in [7, 11) is 0. The van der Waals surface area contributed by atoms with Crippen LogP contribution in [0, 0.1) is 17.8 Å². The first-order valence-corrected chi connectivity index (χ1v) is 23.4. The zero-order chi connectivity index (χ0) is 40.0. The van der Waals surface area contributed by atoms with Crippen LogP contribution in [0.3, 0.4) is 0 Å². The van der Waals surface area contributed by atoms with E-state index in [9.17, 15) is 0 Å². The predicted octanol–water partition coefficient (Wildman–Crippen LogP) is 13.8. The molecule has 5 unspecified atom stereocenters. The Kier molecular flexibility index (Phi) is 10.2. The number of hydrogen-bond acceptors (Lipinski definition) is 1. The van der Waals surface area contributed by atoms with Gasteiger partial charge in [0.05, 0.1) is 0 Å². The van der Waals surface area contributed by atoms with Gasteiger partial charge in [0.15, 0.2) is 0 Å². The van der Waals surface area contributed by atoms with Gasteiger partial charge in [-0.1, -0.05) is 147 Å². The molecule has 0 aromatic heterocycles. The highest BCUT2D eigenvalue weighted by atomic mass is 15.2. The van der Waals surface area contributed by atoms with Gasteiger partial charge in [0.1, 0.15) is 0 Å². The molecule has 1 nitrogen and oxygen atoms in total. The number of anilines is 1. The van der Waals surface area contributed by atoms with Crippen molar-refractivity contribution in [2.45, 2.75) is 102 Å². The Morgan fingerprint density at radius 3 is 2.33 bits per heavy atom. The fraction of sp³-hybridized carbons (Fsp3) is 0.322. The topological polar surface area (TPSA) is 3.24 Å². The van der Waals surface area contributed by atoms with Crippen LogP contribution < -0.4 is 15.3 Å². The van der Waals surface area contributed by atoms with Crippen LogP contribution in [0.1, 0.15) is 113 Å². The standard InChI is InChI=1S/C59H59N/c1-40-50-19-9-11-23-55(50)57-39-32-44-17-6-8-22-54(44)59(57)58(40)56-24-12-10-21-53(56)46-30-37-49(38-31-46)60(47-33-26-42(27-34-47)41-14-3-2-4-15-41)48-35-28-45(29-36-48)52-25-13-18-43-16-5-7-20-51(43)52/h2-3,5,7,9-10,12-14,16-17,19-22,24-26,30-32,35,37-40,43,45,47,58H,4,6,8,11,15,18,23,27-29,33-34,36H2,1H3. The SMILES string of the molecule is CC1C2=C(CCC=C2)c2ccc3c(c2C1c1ccccc1-c1ccc(N(C2=CCC(C4=C5C=CC=CC5CC=C4)CC2)C2CC=C(C4=CC=CCC4)CC2)cc1)=CCCC=3. The minimum Gasteiger partial charge on any atom is -0.342 e. The molecule has 0 saturated carbocycles. The first-order valence-electron chi connectivity index (χ1n) is 23.4. The predicted molar refractivity (Wildman–Crippen MR) is 255 cm³/mol. The summed E-state index contributed by atoms with van der Waals surface area (Å²) in [6.07, 6.45) is 51.1. The van der Waals surface area contributed by atoms with E-state index >= 15 is 0 Å². The van der Waals surface area contributed by atoms with Gasteiger partial charge in [-0.05, 0) is 179 Å². The molecular weight excluding hydrogens is 723 g/mol. The van der Waals surface area contributed by atoms with Gasteiger partial charge >= 0.3 is 0 Å². The number of fused-ring (bicyclic) bond motifs is 5. The molecule has 0 amide bonds. The summed E-state index contributed by atoms with van der Waals surface area (Å²) in [4.78, 5) is 2.77. The normalized spacial score (nSPS) is 26.5. The highest BCUT2D eigenvalue weighted by Crippen LogP contribution is 2.50. The highest BCUT2D eigenvalue weighted by molar-refractivity contribution is 5.81. The van der Waals surface area contributed by atoms with Crippen molar-refractivity contribution in [2.75, 3.05) is 4.90 Å². The lowest BCUT2D eigenvalue weighted by Gasteiger charge is -2.40. The average Bonchev–Trinajstić information content (AvgIpc) is 3.32. The van der Waals surface area contributed by atoms with E-state index in [0.717, 1.165) is 57.8 Å². The Morgan fingerprint density at radius 2 is 1.48 bits per heavy atom. The molecule has 3 aromatic carbocycles. The molecule has 0 heterocycles. The van der Waals surface area contributed by atoms with E-state index in [1.54, 1.807) is 39.0 Å². The Labute approximate surface area is 358 Å². The molecule has 0 bridgehead atoms. The van der Waals surface area contributed by atoms with Crippen molar-refractivity contribution in [3.63, 3.8) is 0 Å². The largest absolute Gasteiger partial charge is 0.342 e. The number of allylic oxidation sites excluding steroid dienone is 19. The quantitative estimate of drug-likeness (QED) is 0.231. The summed E-state index contributed by atoms with van der Waals surface area (Å²) >= 11 is 0. The first kappa shape index (κ1) is 37.6. The Morgan fingerprint density at radius 1 is 0.600 bits per heavy atom. The molecule has 8 aliphatic rings. The molecule has 0 fully saturated rings. The molecule has 60 heavy (non-hydrogen) atoms. The molecule has 300 valence electrons. The van der Waals surface area contributed by atoms with E-state index < -0.39 is 0 Å². The van der Waals surface area contributed by atoms with Crippen molar-refractivity contribution in [1.29, 1.82) is 0 Å². The minimum atomic E-state index is 0.301. The number of benzene rings is 3. The lowest BCUT2D eigenvalue weighted by atomic mass is 9.66. The van der Waals surface area contributed by atoms with Crippen LogP contribution in [0.25, 0.3) is 28.9 Å². The summed E-state index contributed by atoms with van der Waals surface area (Å²) < 4.78 is 0. The zero-order valence-electron chi connectivity index (χ0n) is 35.5. The van der Waals surface area contributed by atoms with Gasteiger partial charge in [-0.15, -0.1) is 0 Å². The third-order valence-electron chi connectivity index (χ3n) is 15.2. The van der Waals surface area contributed by atoms with E-state index in [1.165, 1.54) is 69.8 Å². The fourth-order valence-corrected chi connectivity index (χ4v) is 12.3. The maximum Gasteiger partial charge on any atom is 0.0411 e. The third-order valence-corrected chi connectivity index (χ3v) is 15.2. The molecule has 5 atom stereocenters. The summed E-state index contributed by atoms with van der Waals surface area (Å²) in [6.45, 7) is 2.50. The second-order valence-corrected chi connectivity index (χ2v) is 18.5. The van der Waals surface area contributed by atoms with Crippen LogP contribution >= 0.6 is 0 Å². The Bertz CT molecular complexity index is 2660. The molecule has 0 aliphatic heterocycles. The van der Waals surface area contributed by atoms with E-state index in [-0.39, 0.29) is 0 Å². The zero-order valence-corrected chi connectivity index (χ0v) is 35.5. The Balaban J connectivity index is 0.947. The second kappa shape index (κ2) is 16.2. The van der Waals surface area contributed by atoms with Gasteiger partial charge in [0.25, 0.3) is 0 Å². The third kappa shape index (κ3) is 6.79. The number of rotatable bonds is 7. The van der Waals surface area contributed by atoms with E-state index in [0.29, 0.717) is 29.7 Å². The van der Waals surface area contributed by atoms with Gasteiger partial charge in [-0.3, -0.25) is 0 Å². The van der Waals surface area contributed by atoms with Crippen LogP contribution in [0.15, 0.2) is 173 Å². The van der Waals surface area contributed by atoms with Crippen LogP contribution in [-0.4, -0.2) is 6.04 Å². The molecule has 3 aromatic rings. The van der Waals surface area contributed by atoms with Crippen molar-refractivity contribution in [1.82, 2.24) is 0 Å². The van der Waals surface area contributed by atoms with Gasteiger partial charge in [0, 0.05) is 29.3 Å². The van der Waals surface area contributed by atoms with Crippen molar-refractivity contribution in [3.05, 3.63) is 200 Å². The minimum absolute atomic E-state index is 0.301. The Hall–Kier alpha value is -5.40. The van der Waals surface area contributed by atoms with Crippen molar-refractivity contribution >= 4 is 23.4 Å². The fourth-order valence-electron chi connectivity index (χ4n) is 12.3. The lowest BCUT2D eigenvalue weighted by Crippen LogP contribution is -2.37. The molecule has 11 rings (SSSR count). The summed E-state index contributed by atoms with van der Waals surface area (Å²) in [5.74, 6) is 1.85. The molecule has 0 radical (unpaired) electrons. The molecule has 0 spiro atoms. The average molecular weight is 782 g/mol. The van der Waals surface area contributed by atoms with Gasteiger partial charge in [0.2, 0.25) is 0 Å². The molecule has 0 N–H and O–H groups in total. The van der Waals surface area contributed by atoms with Gasteiger partial charge < -0.3 is 4.90 Å². The van der Waals surface area contributed by atoms with Crippen LogP contribution in [-0.2, 0) is 0 Å². The summed E-state index contributed by atoms with van der Waals surface area (Å²) in [5.41, 5.74) is 19.5. The molecule has 1 heteroatoms. The van der Waals surface area contributed by atoms with Gasteiger partial charge in [-0.25, -0.2) is 0 Å². The maximum absolute atomic E-state index is 2.77. The number of hydrogen-bond donors (Lipinski definition) is 0. The van der Waals surface area contributed by atoms with Crippen LogP contribution in [0.2, 0.25) is 0 Å². The molecular formula is C59H59N. The molecule has 0 saturated heterocycles. The van der Waals surface area contributed by atoms with Crippen molar-refractivity contribution < 1.29 is 0 Å². The van der Waals surface area contributed by atoms with Crippen molar-refractivity contribution in [3.8, 4) is 11.1 Å². The van der Waals surface area contributed by atoms with Crippen molar-refractivity contribution in [2.24, 2.45) is 17.8 Å². The summed E-state index contributed by atoms with van der Waals surface area (Å²) in [5, 5.41) is 2.92. The van der Waals surface area contributed by atoms with E-state index in [2.05, 4.69) is 164 Å².